The molecule has 0 radical (unpaired) electrons. The van der Waals surface area contributed by atoms with Crippen LogP contribution < -0.4 is 10.5 Å². The lowest BCUT2D eigenvalue weighted by atomic mass is 10.3. The van der Waals surface area contributed by atoms with Gasteiger partial charge in [-0.05, 0) is 17.3 Å². The van der Waals surface area contributed by atoms with Crippen LogP contribution in [0, 0.1) is 0 Å². The van der Waals surface area contributed by atoms with Gasteiger partial charge in [0.2, 0.25) is 0 Å². The molecule has 0 saturated heterocycles. The van der Waals surface area contributed by atoms with E-state index >= 15 is 0 Å². The number of sulfonamides is 1. The molecule has 2 rings (SSSR count). The van der Waals surface area contributed by atoms with E-state index in [4.69, 9.17) is 28.9 Å². The summed E-state index contributed by atoms with van der Waals surface area (Å²) in [5.74, 6) is -0.188. The summed E-state index contributed by atoms with van der Waals surface area (Å²) in [5, 5.41) is 10.5. The fraction of sp³-hybridized carbons (Fsp3) is 0.125. The molecule has 0 aliphatic rings. The van der Waals surface area contributed by atoms with E-state index in [0.29, 0.717) is 0 Å². The van der Waals surface area contributed by atoms with Crippen LogP contribution in [0.4, 0.5) is 11.6 Å². The average Bonchev–Trinajstić information content (AvgIpc) is 2.60. The molecule has 0 atom stereocenters. The molecule has 0 saturated carbocycles. The summed E-state index contributed by atoms with van der Waals surface area (Å²) in [4.78, 5) is 0.807. The van der Waals surface area contributed by atoms with Crippen LogP contribution in [-0.4, -0.2) is 28.6 Å². The van der Waals surface area contributed by atoms with E-state index in [9.17, 15) is 8.42 Å². The topological polar surface area (TPSA) is 116 Å². The predicted octanol–water partition coefficient (Wildman–Crippen LogP) is 0.900. The van der Waals surface area contributed by atoms with Gasteiger partial charge in [0.05, 0.1) is 17.1 Å². The number of hydrogen-bond acceptors (Lipinski definition) is 6. The Balaban J connectivity index is 2.45. The largest absolute Gasteiger partial charge is 0.399 e. The van der Waals surface area contributed by atoms with Gasteiger partial charge in [-0.2, -0.15) is 4.80 Å². The Bertz CT molecular complexity index is 706. The molecule has 1 heterocycles. The standard InChI is InChI=1S/C8H8Cl2N6O2S/c1-16-13-8(12-15-16)14-19(17,18)7-5(9)2-4(11)3-6(7)10/h2-3H,11H2,1H3,(H,13,14). The van der Waals surface area contributed by atoms with Crippen LogP contribution in [0.15, 0.2) is 17.0 Å². The molecule has 0 spiro atoms. The van der Waals surface area contributed by atoms with Gasteiger partial charge >= 0.3 is 0 Å². The normalized spacial score (nSPS) is 11.5. The lowest BCUT2D eigenvalue weighted by Crippen LogP contribution is -2.15. The summed E-state index contributed by atoms with van der Waals surface area (Å²) >= 11 is 11.7. The first-order valence-electron chi connectivity index (χ1n) is 4.81. The first-order valence-corrected chi connectivity index (χ1v) is 7.05. The van der Waals surface area contributed by atoms with Crippen molar-refractivity contribution in [3.05, 3.63) is 22.2 Å². The molecule has 2 aromatic rings. The molecular formula is C8H8Cl2N6O2S. The Morgan fingerprint density at radius 2 is 1.89 bits per heavy atom. The number of halogens is 2. The third-order valence-electron chi connectivity index (χ3n) is 2.02. The second-order valence-corrected chi connectivity index (χ2v) is 5.96. The molecule has 0 unspecified atom stereocenters. The molecule has 0 aliphatic heterocycles. The molecule has 8 nitrogen and oxygen atoms in total. The molecule has 1 aromatic carbocycles. The Hall–Kier alpha value is -1.58. The first kappa shape index (κ1) is 13.8. The summed E-state index contributed by atoms with van der Waals surface area (Å²) in [6.07, 6.45) is 0. The number of aryl methyl sites for hydroxylation is 1. The van der Waals surface area contributed by atoms with E-state index in [1.165, 1.54) is 19.2 Å². The molecule has 19 heavy (non-hydrogen) atoms. The lowest BCUT2D eigenvalue weighted by Gasteiger charge is -2.09. The number of rotatable bonds is 3. The van der Waals surface area contributed by atoms with Gasteiger partial charge < -0.3 is 5.73 Å². The highest BCUT2D eigenvalue weighted by atomic mass is 35.5. The summed E-state index contributed by atoms with van der Waals surface area (Å²) in [6.45, 7) is 0. The fourth-order valence-corrected chi connectivity index (χ4v) is 3.50. The number of anilines is 2. The zero-order valence-electron chi connectivity index (χ0n) is 9.50. The third-order valence-corrected chi connectivity index (χ3v) is 4.27. The van der Waals surface area contributed by atoms with Crippen LogP contribution >= 0.6 is 23.2 Å². The highest BCUT2D eigenvalue weighted by Crippen LogP contribution is 2.32. The van der Waals surface area contributed by atoms with E-state index in [0.717, 1.165) is 4.80 Å². The smallest absolute Gasteiger partial charge is 0.277 e. The van der Waals surface area contributed by atoms with Crippen molar-refractivity contribution < 1.29 is 8.42 Å². The first-order chi connectivity index (χ1) is 8.79. The monoisotopic (exact) mass is 322 g/mol. The van der Waals surface area contributed by atoms with Gasteiger partial charge in [-0.1, -0.05) is 28.3 Å². The van der Waals surface area contributed by atoms with Crippen LogP contribution in [0.5, 0.6) is 0 Å². The summed E-state index contributed by atoms with van der Waals surface area (Å²) in [6, 6.07) is 2.57. The quantitative estimate of drug-likeness (QED) is 0.811. The molecule has 102 valence electrons. The molecule has 11 heteroatoms. The van der Waals surface area contributed by atoms with E-state index in [1.807, 2.05) is 0 Å². The van der Waals surface area contributed by atoms with Crippen molar-refractivity contribution in [1.82, 2.24) is 20.2 Å². The number of aromatic nitrogens is 4. The number of tetrazole rings is 1. The Kier molecular flexibility index (Phi) is 3.52. The number of nitrogens with two attached hydrogens (primary N) is 1. The average molecular weight is 323 g/mol. The summed E-state index contributed by atoms with van der Waals surface area (Å²) < 4.78 is 26.4. The highest BCUT2D eigenvalue weighted by Gasteiger charge is 2.24. The van der Waals surface area contributed by atoms with Crippen molar-refractivity contribution in [3.63, 3.8) is 0 Å². The van der Waals surface area contributed by atoms with Crippen LogP contribution in [-0.2, 0) is 17.1 Å². The zero-order valence-corrected chi connectivity index (χ0v) is 11.8. The Labute approximate surface area is 118 Å². The van der Waals surface area contributed by atoms with Gasteiger partial charge in [0.15, 0.2) is 0 Å². The van der Waals surface area contributed by atoms with Crippen LogP contribution in [0.1, 0.15) is 0 Å². The number of hydrogen-bond donors (Lipinski definition) is 2. The van der Waals surface area contributed by atoms with E-state index < -0.39 is 10.0 Å². The second-order valence-electron chi connectivity index (χ2n) is 3.52. The Morgan fingerprint density at radius 3 is 2.37 bits per heavy atom. The number of nitrogen functional groups attached to an aromatic ring is 1. The van der Waals surface area contributed by atoms with Crippen molar-refractivity contribution in [3.8, 4) is 0 Å². The van der Waals surface area contributed by atoms with Crippen molar-refractivity contribution in [2.24, 2.45) is 7.05 Å². The van der Waals surface area contributed by atoms with Crippen molar-refractivity contribution in [2.45, 2.75) is 4.90 Å². The fourth-order valence-electron chi connectivity index (χ4n) is 1.33. The SMILES string of the molecule is Cn1nnc(NS(=O)(=O)c2c(Cl)cc(N)cc2Cl)n1. The number of nitrogens with zero attached hydrogens (tertiary/aromatic N) is 4. The van der Waals surface area contributed by atoms with Gasteiger partial charge in [0, 0.05) is 5.69 Å². The van der Waals surface area contributed by atoms with Crippen molar-refractivity contribution in [1.29, 1.82) is 0 Å². The van der Waals surface area contributed by atoms with Gasteiger partial charge in [-0.15, -0.1) is 5.10 Å². The molecule has 3 N–H and O–H groups in total. The maximum Gasteiger partial charge on any atom is 0.277 e. The molecule has 0 fully saturated rings. The van der Waals surface area contributed by atoms with Crippen LogP contribution in [0.2, 0.25) is 10.0 Å². The number of benzene rings is 1. The maximum absolute atomic E-state index is 12.1. The van der Waals surface area contributed by atoms with Crippen LogP contribution in [0.3, 0.4) is 0 Å². The van der Waals surface area contributed by atoms with Gasteiger partial charge in [0.25, 0.3) is 16.0 Å². The molecule has 0 bridgehead atoms. The van der Waals surface area contributed by atoms with Gasteiger partial charge in [0.1, 0.15) is 4.90 Å². The van der Waals surface area contributed by atoms with Crippen LogP contribution in [0.25, 0.3) is 0 Å². The lowest BCUT2D eigenvalue weighted by molar-refractivity contribution is 0.600. The second kappa shape index (κ2) is 4.83. The van der Waals surface area contributed by atoms with E-state index in [1.54, 1.807) is 0 Å². The van der Waals surface area contributed by atoms with Gasteiger partial charge in [-0.3, -0.25) is 0 Å². The minimum atomic E-state index is -4.03. The number of nitrogens with one attached hydrogen (secondary N) is 1. The third kappa shape index (κ3) is 2.88. The van der Waals surface area contributed by atoms with E-state index in [-0.39, 0.29) is 26.6 Å². The predicted molar refractivity (Wildman–Crippen MR) is 70.5 cm³/mol. The van der Waals surface area contributed by atoms with E-state index in [2.05, 4.69) is 20.1 Å². The molecule has 0 amide bonds. The summed E-state index contributed by atoms with van der Waals surface area (Å²) in [7, 11) is -2.53. The minimum Gasteiger partial charge on any atom is -0.399 e. The molecule has 1 aromatic heterocycles. The minimum absolute atomic E-state index is 0.0959. The highest BCUT2D eigenvalue weighted by molar-refractivity contribution is 7.93. The molecule has 0 aliphatic carbocycles. The zero-order chi connectivity index (χ0) is 14.2. The molecular weight excluding hydrogens is 315 g/mol. The van der Waals surface area contributed by atoms with Crippen molar-refractivity contribution >= 4 is 44.9 Å². The summed E-state index contributed by atoms with van der Waals surface area (Å²) in [5.41, 5.74) is 5.76. The van der Waals surface area contributed by atoms with Gasteiger partial charge in [-0.25, -0.2) is 13.1 Å². The Morgan fingerprint density at radius 1 is 1.32 bits per heavy atom. The maximum atomic E-state index is 12.1. The van der Waals surface area contributed by atoms with Crippen molar-refractivity contribution in [2.75, 3.05) is 10.5 Å².